The van der Waals surface area contributed by atoms with Crippen molar-refractivity contribution in [3.05, 3.63) is 57.7 Å². The van der Waals surface area contributed by atoms with Crippen molar-refractivity contribution in [1.29, 1.82) is 0 Å². The highest BCUT2D eigenvalue weighted by Gasteiger charge is 2.57. The first-order valence-corrected chi connectivity index (χ1v) is 23.0. The summed E-state index contributed by atoms with van der Waals surface area (Å²) >= 11 is 1.51. The number of nitrogens with zero attached hydrogens (tertiary/aromatic N) is 5. The molecule has 4 aromatic rings. The average Bonchev–Trinajstić information content (AvgIpc) is 4.06. The normalized spacial score (nSPS) is 31.4. The van der Waals surface area contributed by atoms with Crippen LogP contribution in [0.4, 0.5) is 0 Å². The van der Waals surface area contributed by atoms with E-state index in [1.807, 2.05) is 0 Å². The van der Waals surface area contributed by atoms with E-state index in [0.29, 0.717) is 18.3 Å². The van der Waals surface area contributed by atoms with Crippen LogP contribution in [0.1, 0.15) is 94.7 Å². The zero-order valence-electron chi connectivity index (χ0n) is 36.0. The second kappa shape index (κ2) is 14.7. The fourth-order valence-corrected chi connectivity index (χ4v) is 11.8. The SMILES string of the molecule is CCn1c(-c2cc([C@@]34CCN(C)C[C@@H]3C4)cnc2[C@H](C)OC)c2c3cc(ccc31)-c1csc(n1)C[C@H](NC(=O)[C@H]1C[C@@H]1C)C(=O)N1N[C@H](C(=O)OCC(C)(C)C2)C2CC1C2. The van der Waals surface area contributed by atoms with Gasteiger partial charge in [0.2, 0.25) is 5.91 Å². The van der Waals surface area contributed by atoms with Gasteiger partial charge in [-0.15, -0.1) is 11.3 Å². The molecule has 7 heterocycles. The maximum Gasteiger partial charge on any atom is 0.325 e. The molecule has 2 amide bonds. The van der Waals surface area contributed by atoms with E-state index in [2.05, 4.69) is 97.7 Å². The van der Waals surface area contributed by atoms with Gasteiger partial charge in [0.05, 0.1) is 34.8 Å². The molecule has 3 saturated carbocycles. The predicted molar refractivity (Wildman–Crippen MR) is 231 cm³/mol. The number of aromatic nitrogens is 3. The molecule has 1 aromatic carbocycles. The number of hydrogen-bond acceptors (Lipinski definition) is 10. The lowest BCUT2D eigenvalue weighted by atomic mass is 9.73. The molecule has 0 radical (unpaired) electrons. The van der Waals surface area contributed by atoms with E-state index in [4.69, 9.17) is 19.4 Å². The van der Waals surface area contributed by atoms with Crippen LogP contribution in [-0.4, -0.2) is 94.2 Å². The van der Waals surface area contributed by atoms with Crippen LogP contribution in [-0.2, 0) is 48.7 Å². The lowest BCUT2D eigenvalue weighted by molar-refractivity contribution is -0.171. The standard InChI is InChI=1S/C47H59N7O5S/c1-8-53-38-10-9-27-16-33(38)35(42(53)34-17-29(21-48-40(34)26(3)58-7)47-11-12-52(6)22-30(47)19-47)20-46(4,5)24-59-45(57)41-28-14-31(15-28)54(51-41)44(56)36(18-39-49-37(27)23-60-39)50-43(55)32-13-25(32)2/h9-10,16-17,21,23,25-26,28,30-32,36,41,51H,8,11-15,18-20,22,24H2,1-7H3,(H,50,55)/t25-,26-,28?,30-,31?,32-,36-,41-,47-/m0/s1. The Morgan fingerprint density at radius 3 is 2.72 bits per heavy atom. The van der Waals surface area contributed by atoms with Gasteiger partial charge in [0.15, 0.2) is 0 Å². The maximum absolute atomic E-state index is 14.4. The van der Waals surface area contributed by atoms with Crippen molar-refractivity contribution in [2.45, 2.75) is 116 Å². The number of amides is 2. The van der Waals surface area contributed by atoms with Gasteiger partial charge < -0.3 is 24.3 Å². The van der Waals surface area contributed by atoms with Crippen molar-refractivity contribution in [3.8, 4) is 22.5 Å². The number of nitrogens with one attached hydrogen (secondary N) is 2. The molecule has 4 aliphatic heterocycles. The number of cyclic esters (lactones) is 1. The van der Waals surface area contributed by atoms with Crippen LogP contribution in [0.2, 0.25) is 0 Å². The number of piperidine rings is 1. The number of hydrogen-bond donors (Lipinski definition) is 2. The molecule has 60 heavy (non-hydrogen) atoms. The van der Waals surface area contributed by atoms with Crippen LogP contribution in [0.5, 0.6) is 0 Å². The molecular formula is C47H59N7O5S. The molecule has 3 aliphatic carbocycles. The van der Waals surface area contributed by atoms with Crippen molar-refractivity contribution in [2.75, 3.05) is 33.9 Å². The fraction of sp³-hybridized carbons (Fsp3) is 0.596. The number of ether oxygens (including phenoxy) is 2. The first-order chi connectivity index (χ1) is 28.8. The van der Waals surface area contributed by atoms with Gasteiger partial charge in [0, 0.05) is 83.0 Å². The minimum atomic E-state index is -0.813. The smallest absolute Gasteiger partial charge is 0.325 e. The average molecular weight is 834 g/mol. The summed E-state index contributed by atoms with van der Waals surface area (Å²) in [5, 5.41) is 8.69. The van der Waals surface area contributed by atoms with Crippen LogP contribution in [0.15, 0.2) is 35.8 Å². The van der Waals surface area contributed by atoms with Gasteiger partial charge in [-0.3, -0.25) is 24.4 Å². The molecule has 6 fully saturated rings. The Bertz CT molecular complexity index is 2380. The zero-order valence-corrected chi connectivity index (χ0v) is 36.9. The molecule has 3 aromatic heterocycles. The largest absolute Gasteiger partial charge is 0.464 e. The molecule has 3 saturated heterocycles. The first-order valence-electron chi connectivity index (χ1n) is 22.2. The van der Waals surface area contributed by atoms with Crippen LogP contribution >= 0.6 is 11.3 Å². The minimum Gasteiger partial charge on any atom is -0.464 e. The fourth-order valence-electron chi connectivity index (χ4n) is 10.9. The van der Waals surface area contributed by atoms with E-state index in [0.717, 1.165) is 89.4 Å². The molecule has 0 unspecified atom stereocenters. The monoisotopic (exact) mass is 833 g/mol. The Morgan fingerprint density at radius 1 is 1.18 bits per heavy atom. The summed E-state index contributed by atoms with van der Waals surface area (Å²) in [5.74, 6) is 0.272. The van der Waals surface area contributed by atoms with E-state index in [9.17, 15) is 14.4 Å². The molecule has 7 aliphatic rings. The Balaban J connectivity index is 1.11. The van der Waals surface area contributed by atoms with Gasteiger partial charge in [-0.1, -0.05) is 26.8 Å². The van der Waals surface area contributed by atoms with Crippen LogP contribution < -0.4 is 10.7 Å². The highest BCUT2D eigenvalue weighted by molar-refractivity contribution is 7.10. The Morgan fingerprint density at radius 2 is 1.98 bits per heavy atom. The van der Waals surface area contributed by atoms with Gasteiger partial charge in [-0.25, -0.2) is 10.4 Å². The van der Waals surface area contributed by atoms with E-state index in [1.54, 1.807) is 12.1 Å². The summed E-state index contributed by atoms with van der Waals surface area (Å²) in [5.41, 5.74) is 11.6. The third-order valence-corrected chi connectivity index (χ3v) is 15.8. The van der Waals surface area contributed by atoms with E-state index >= 15 is 0 Å². The Hall–Kier alpha value is -4.17. The number of rotatable bonds is 7. The molecule has 0 spiro atoms. The molecule has 2 N–H and O–H groups in total. The summed E-state index contributed by atoms with van der Waals surface area (Å²) in [4.78, 5) is 54.6. The number of benzene rings is 1. The number of carbonyl (C=O) groups is 3. The van der Waals surface area contributed by atoms with E-state index < -0.39 is 17.5 Å². The minimum absolute atomic E-state index is 0.0329. The van der Waals surface area contributed by atoms with Crippen molar-refractivity contribution in [1.82, 2.24) is 35.2 Å². The number of likely N-dealkylation sites (tertiary alicyclic amines) is 1. The van der Waals surface area contributed by atoms with Gasteiger partial charge >= 0.3 is 5.97 Å². The third-order valence-electron chi connectivity index (χ3n) is 15.0. The number of aryl methyl sites for hydroxylation is 1. The summed E-state index contributed by atoms with van der Waals surface area (Å²) in [6.07, 6.45) is 7.38. The molecular weight excluding hydrogens is 775 g/mol. The highest BCUT2D eigenvalue weighted by Crippen LogP contribution is 2.59. The number of methoxy groups -OCH3 is 1. The predicted octanol–water partition coefficient (Wildman–Crippen LogP) is 6.45. The Kier molecular flexibility index (Phi) is 9.81. The number of carbonyl (C=O) groups excluding carboxylic acids is 3. The van der Waals surface area contributed by atoms with Crippen LogP contribution in [0, 0.1) is 29.1 Å². The Labute approximate surface area is 356 Å². The summed E-state index contributed by atoms with van der Waals surface area (Å²) in [6.45, 7) is 13.8. The lowest BCUT2D eigenvalue weighted by Crippen LogP contribution is -2.71. The molecule has 13 heteroatoms. The van der Waals surface area contributed by atoms with E-state index in [1.165, 1.54) is 28.9 Å². The number of fused-ring (bicyclic) bond motifs is 5. The number of hydrazine groups is 1. The summed E-state index contributed by atoms with van der Waals surface area (Å²) < 4.78 is 14.7. The quantitative estimate of drug-likeness (QED) is 0.202. The second-order valence-corrected chi connectivity index (χ2v) is 20.7. The lowest BCUT2D eigenvalue weighted by Gasteiger charge is -2.53. The summed E-state index contributed by atoms with van der Waals surface area (Å²) in [7, 11) is 3.98. The van der Waals surface area contributed by atoms with Crippen molar-refractivity contribution in [3.63, 3.8) is 0 Å². The topological polar surface area (TPSA) is 131 Å². The van der Waals surface area contributed by atoms with Crippen LogP contribution in [0.3, 0.4) is 0 Å². The van der Waals surface area contributed by atoms with Crippen LogP contribution in [0.25, 0.3) is 33.4 Å². The molecule has 11 rings (SSSR count). The second-order valence-electron chi connectivity index (χ2n) is 19.8. The third kappa shape index (κ3) is 6.78. The first kappa shape index (κ1) is 39.9. The molecule has 8 bridgehead atoms. The maximum atomic E-state index is 14.4. The van der Waals surface area contributed by atoms with E-state index in [-0.39, 0.29) is 60.2 Å². The highest BCUT2D eigenvalue weighted by atomic mass is 32.1. The molecule has 318 valence electrons. The number of pyridine rings is 1. The number of thiazole rings is 1. The van der Waals surface area contributed by atoms with Crippen molar-refractivity contribution in [2.24, 2.45) is 29.1 Å². The van der Waals surface area contributed by atoms with Crippen molar-refractivity contribution >= 4 is 40.0 Å². The van der Waals surface area contributed by atoms with Gasteiger partial charge in [-0.2, -0.15) is 0 Å². The van der Waals surface area contributed by atoms with Crippen molar-refractivity contribution < 1.29 is 23.9 Å². The zero-order chi connectivity index (χ0) is 41.8. The molecule has 12 nitrogen and oxygen atoms in total. The molecule has 7 atom stereocenters. The van der Waals surface area contributed by atoms with Gasteiger partial charge in [-0.05, 0) is 113 Å². The number of esters is 1. The van der Waals surface area contributed by atoms with Gasteiger partial charge in [0.25, 0.3) is 5.91 Å². The van der Waals surface area contributed by atoms with Gasteiger partial charge in [0.1, 0.15) is 12.1 Å². The summed E-state index contributed by atoms with van der Waals surface area (Å²) in [6, 6.07) is 7.57.